The molecule has 10 heteroatoms. The molecule has 0 aromatic heterocycles. The van der Waals surface area contributed by atoms with Gasteiger partial charge in [-0.15, -0.1) is 12.4 Å². The van der Waals surface area contributed by atoms with Gasteiger partial charge in [-0.2, -0.15) is 0 Å². The summed E-state index contributed by atoms with van der Waals surface area (Å²) in [4.78, 5) is 29.2. The largest absolute Gasteiger partial charge is 0.309 e. The second-order valence-corrected chi connectivity index (χ2v) is 10.5. The highest BCUT2D eigenvalue weighted by Crippen LogP contribution is 2.39. The van der Waals surface area contributed by atoms with E-state index in [1.165, 1.54) is 12.1 Å². The molecule has 2 saturated heterocycles. The summed E-state index contributed by atoms with van der Waals surface area (Å²) in [5.74, 6) is -0.692. The van der Waals surface area contributed by atoms with Crippen molar-refractivity contribution in [3.63, 3.8) is 0 Å². The van der Waals surface area contributed by atoms with E-state index in [4.69, 9.17) is 23.2 Å². The molecular weight excluding hydrogens is 538 g/mol. The van der Waals surface area contributed by atoms with Crippen molar-refractivity contribution in [2.45, 2.75) is 19.8 Å². The lowest BCUT2D eigenvalue weighted by Gasteiger charge is -2.37. The third-order valence-corrected chi connectivity index (χ3v) is 7.37. The fourth-order valence-electron chi connectivity index (χ4n) is 4.84. The lowest BCUT2D eigenvalue weighted by atomic mass is 9.85. The number of carbonyl (C=O) groups excluding carboxylic acids is 2. The van der Waals surface area contributed by atoms with E-state index in [-0.39, 0.29) is 41.9 Å². The molecule has 2 amide bonds. The van der Waals surface area contributed by atoms with Crippen LogP contribution in [0.5, 0.6) is 0 Å². The Labute approximate surface area is 233 Å². The van der Waals surface area contributed by atoms with Crippen LogP contribution in [0.4, 0.5) is 10.1 Å². The number of hydrazine groups is 1. The molecule has 2 fully saturated rings. The first kappa shape index (κ1) is 29.4. The Kier molecular flexibility index (Phi) is 10.4. The smallest absolute Gasteiger partial charge is 0.258 e. The highest BCUT2D eigenvalue weighted by Gasteiger charge is 2.34. The fraction of sp³-hybridized carbons (Fsp3) is 0.407. The Morgan fingerprint density at radius 1 is 1.14 bits per heavy atom. The number of likely N-dealkylation sites (N-methyl/N-ethyl adjacent to an activating group) is 1. The Morgan fingerprint density at radius 2 is 1.78 bits per heavy atom. The van der Waals surface area contributed by atoms with E-state index in [0.717, 1.165) is 26.2 Å². The van der Waals surface area contributed by atoms with Gasteiger partial charge < -0.3 is 9.80 Å². The molecule has 2 aliphatic rings. The number of piperazine rings is 1. The van der Waals surface area contributed by atoms with Crippen LogP contribution >= 0.6 is 35.6 Å². The predicted octanol–water partition coefficient (Wildman–Crippen LogP) is 5.08. The van der Waals surface area contributed by atoms with Crippen molar-refractivity contribution in [2.24, 2.45) is 11.8 Å². The van der Waals surface area contributed by atoms with Gasteiger partial charge in [0.15, 0.2) is 0 Å². The van der Waals surface area contributed by atoms with Gasteiger partial charge in [-0.1, -0.05) is 48.3 Å². The quantitative estimate of drug-likeness (QED) is 0.493. The fourth-order valence-corrected chi connectivity index (χ4v) is 5.54. The van der Waals surface area contributed by atoms with Gasteiger partial charge in [0, 0.05) is 44.7 Å². The Hall–Kier alpha value is -2.16. The summed E-state index contributed by atoms with van der Waals surface area (Å²) in [5, 5.41) is 2.55. The maximum absolute atomic E-state index is 14.2. The van der Waals surface area contributed by atoms with Gasteiger partial charge >= 0.3 is 0 Å². The zero-order chi connectivity index (χ0) is 25.8. The maximum atomic E-state index is 14.2. The standard InChI is InChI=1S/C27H31Cl2FN4O2.ClH/c1-18-13-20(14-21-5-3-4-6-24(21)30)17-34(27(18)36)26-22(28)15-19(16-23(26)29)7-8-25(35)31-33-11-9-32(2)10-12-33;/h3-8,15-16,18,20H,9-14,17H2,1-2H3,(H,31,35);1H/b8-7+;/t18-,20-;/m1./s1. The van der Waals surface area contributed by atoms with Gasteiger partial charge in [-0.3, -0.25) is 15.0 Å². The first-order valence-electron chi connectivity index (χ1n) is 12.2. The number of amides is 2. The first-order chi connectivity index (χ1) is 17.2. The van der Waals surface area contributed by atoms with E-state index in [9.17, 15) is 14.0 Å². The van der Waals surface area contributed by atoms with Crippen LogP contribution in [0.1, 0.15) is 24.5 Å². The molecule has 1 N–H and O–H groups in total. The lowest BCUT2D eigenvalue weighted by molar-refractivity contribution is -0.124. The predicted molar refractivity (Wildman–Crippen MR) is 150 cm³/mol. The maximum Gasteiger partial charge on any atom is 0.258 e. The highest BCUT2D eigenvalue weighted by molar-refractivity contribution is 6.40. The molecule has 0 unspecified atom stereocenters. The molecular formula is C27H32Cl3FN4O2. The molecule has 6 nitrogen and oxygen atoms in total. The van der Waals surface area contributed by atoms with Crippen LogP contribution < -0.4 is 10.3 Å². The topological polar surface area (TPSA) is 55.9 Å². The number of nitrogens with zero attached hydrogens (tertiary/aromatic N) is 3. The summed E-state index contributed by atoms with van der Waals surface area (Å²) >= 11 is 13.2. The second-order valence-electron chi connectivity index (χ2n) is 9.68. The Morgan fingerprint density at radius 3 is 2.43 bits per heavy atom. The molecule has 0 aliphatic carbocycles. The van der Waals surface area contributed by atoms with Crippen LogP contribution in [0.3, 0.4) is 0 Å². The van der Waals surface area contributed by atoms with Crippen molar-refractivity contribution in [1.82, 2.24) is 15.3 Å². The first-order valence-corrected chi connectivity index (χ1v) is 12.9. The minimum Gasteiger partial charge on any atom is -0.309 e. The van der Waals surface area contributed by atoms with Crippen molar-refractivity contribution in [1.29, 1.82) is 0 Å². The van der Waals surface area contributed by atoms with Gasteiger partial charge in [0.1, 0.15) is 5.82 Å². The van der Waals surface area contributed by atoms with E-state index >= 15 is 0 Å². The summed E-state index contributed by atoms with van der Waals surface area (Å²) < 4.78 is 14.2. The molecule has 2 aliphatic heterocycles. The van der Waals surface area contributed by atoms with Gasteiger partial charge in [0.05, 0.1) is 15.7 Å². The average molecular weight is 570 g/mol. The number of benzene rings is 2. The van der Waals surface area contributed by atoms with E-state index in [1.54, 1.807) is 35.2 Å². The number of rotatable bonds is 6. The zero-order valence-corrected chi connectivity index (χ0v) is 23.3. The molecule has 0 radical (unpaired) electrons. The Bertz CT molecular complexity index is 1130. The molecule has 0 saturated carbocycles. The van der Waals surface area contributed by atoms with Crippen LogP contribution in [0, 0.1) is 17.7 Å². The SMILES string of the molecule is C[C@@H]1C[C@H](Cc2ccccc2F)CN(c2c(Cl)cc(/C=C/C(=O)NN3CCN(C)CC3)cc2Cl)C1=O.Cl. The molecule has 4 rings (SSSR count). The normalized spacial score (nSPS) is 21.2. The summed E-state index contributed by atoms with van der Waals surface area (Å²) in [5.41, 5.74) is 4.62. The number of anilines is 1. The van der Waals surface area contributed by atoms with Gasteiger partial charge in [-0.05, 0) is 61.2 Å². The molecule has 0 spiro atoms. The molecule has 2 aromatic carbocycles. The summed E-state index contributed by atoms with van der Waals surface area (Å²) in [7, 11) is 2.05. The number of carbonyl (C=O) groups is 2. The van der Waals surface area contributed by atoms with Crippen molar-refractivity contribution in [3.05, 3.63) is 69.5 Å². The number of nitrogens with one attached hydrogen (secondary N) is 1. The molecule has 2 heterocycles. The van der Waals surface area contributed by atoms with E-state index in [0.29, 0.717) is 46.2 Å². The van der Waals surface area contributed by atoms with Crippen LogP contribution in [0.2, 0.25) is 10.0 Å². The number of halogens is 4. The number of hydrogen-bond acceptors (Lipinski definition) is 4. The number of piperidine rings is 1. The lowest BCUT2D eigenvalue weighted by Crippen LogP contribution is -2.52. The molecule has 2 aromatic rings. The van der Waals surface area contributed by atoms with Crippen LogP contribution in [0.15, 0.2) is 42.5 Å². The van der Waals surface area contributed by atoms with Crippen LogP contribution in [-0.2, 0) is 16.0 Å². The van der Waals surface area contributed by atoms with Gasteiger partial charge in [0.25, 0.3) is 5.91 Å². The van der Waals surface area contributed by atoms with Crippen LogP contribution in [-0.4, -0.2) is 61.5 Å². The van der Waals surface area contributed by atoms with Crippen molar-refractivity contribution < 1.29 is 14.0 Å². The molecule has 200 valence electrons. The van der Waals surface area contributed by atoms with Gasteiger partial charge in [-0.25, -0.2) is 9.40 Å². The molecule has 2 atom stereocenters. The van der Waals surface area contributed by atoms with E-state index in [2.05, 4.69) is 17.4 Å². The monoisotopic (exact) mass is 568 g/mol. The minimum absolute atomic E-state index is 0. The zero-order valence-electron chi connectivity index (χ0n) is 20.9. The third kappa shape index (κ3) is 7.45. The molecule has 0 bridgehead atoms. The van der Waals surface area contributed by atoms with Gasteiger partial charge in [0.2, 0.25) is 5.91 Å². The third-order valence-electron chi connectivity index (χ3n) is 6.79. The highest BCUT2D eigenvalue weighted by atomic mass is 35.5. The average Bonchev–Trinajstić information content (AvgIpc) is 2.83. The summed E-state index contributed by atoms with van der Waals surface area (Å²) in [6.07, 6.45) is 4.29. The minimum atomic E-state index is -0.238. The van der Waals surface area contributed by atoms with Crippen LogP contribution in [0.25, 0.3) is 6.08 Å². The van der Waals surface area contributed by atoms with E-state index < -0.39 is 0 Å². The van der Waals surface area contributed by atoms with Crippen molar-refractivity contribution >= 4 is 59.2 Å². The second kappa shape index (κ2) is 13.1. The van der Waals surface area contributed by atoms with E-state index in [1.807, 2.05) is 18.0 Å². The number of hydrogen-bond donors (Lipinski definition) is 1. The van der Waals surface area contributed by atoms with Crippen molar-refractivity contribution in [3.8, 4) is 0 Å². The molecule has 37 heavy (non-hydrogen) atoms. The summed E-state index contributed by atoms with van der Waals surface area (Å²) in [6, 6.07) is 10.1. The summed E-state index contributed by atoms with van der Waals surface area (Å²) in [6.45, 7) is 5.60. The van der Waals surface area contributed by atoms with Crippen molar-refractivity contribution in [2.75, 3.05) is 44.7 Å². The Balaban J connectivity index is 0.00000380.